The minimum atomic E-state index is 0.252. The molecule has 0 aromatic heterocycles. The van der Waals surface area contributed by atoms with Gasteiger partial charge in [-0.15, -0.1) is 0 Å². The molecule has 3 nitrogen and oxygen atoms in total. The Labute approximate surface area is 129 Å². The summed E-state index contributed by atoms with van der Waals surface area (Å²) in [6, 6.07) is 0.522. The van der Waals surface area contributed by atoms with Crippen molar-refractivity contribution in [2.45, 2.75) is 83.3 Å². The van der Waals surface area contributed by atoms with E-state index in [-0.39, 0.29) is 5.91 Å². The van der Waals surface area contributed by atoms with E-state index in [4.69, 9.17) is 4.74 Å². The van der Waals surface area contributed by atoms with Crippen molar-refractivity contribution in [1.82, 2.24) is 4.90 Å². The lowest BCUT2D eigenvalue weighted by molar-refractivity contribution is -0.140. The van der Waals surface area contributed by atoms with Gasteiger partial charge in [0.05, 0.1) is 6.10 Å². The van der Waals surface area contributed by atoms with Crippen LogP contribution in [0.2, 0.25) is 0 Å². The smallest absolute Gasteiger partial charge is 0.248 e. The number of likely N-dealkylation sites (tertiary alicyclic amines) is 1. The van der Waals surface area contributed by atoms with E-state index in [1.54, 1.807) is 0 Å². The number of carbonyl (C=O) groups is 1. The van der Waals surface area contributed by atoms with Crippen LogP contribution >= 0.6 is 0 Å². The summed E-state index contributed by atoms with van der Waals surface area (Å²) in [5.41, 5.74) is 0. The second-order valence-corrected chi connectivity index (χ2v) is 7.55. The average molecular weight is 293 g/mol. The molecule has 2 aliphatic carbocycles. The van der Waals surface area contributed by atoms with Crippen LogP contribution in [-0.4, -0.2) is 36.1 Å². The fraction of sp³-hybridized carbons (Fsp3) is 0.944. The van der Waals surface area contributed by atoms with Gasteiger partial charge in [-0.1, -0.05) is 32.6 Å². The van der Waals surface area contributed by atoms with Crippen LogP contribution in [0.15, 0.2) is 0 Å². The van der Waals surface area contributed by atoms with Crippen LogP contribution in [0, 0.1) is 11.8 Å². The van der Waals surface area contributed by atoms with Crippen LogP contribution < -0.4 is 0 Å². The molecule has 0 radical (unpaired) electrons. The monoisotopic (exact) mass is 293 g/mol. The number of rotatable bonds is 4. The van der Waals surface area contributed by atoms with E-state index in [1.165, 1.54) is 51.4 Å². The van der Waals surface area contributed by atoms with E-state index < -0.39 is 0 Å². The molecule has 3 heteroatoms. The first-order valence-corrected chi connectivity index (χ1v) is 9.15. The molecule has 0 unspecified atom stereocenters. The number of nitrogens with zero attached hydrogens (tertiary/aromatic N) is 1. The zero-order chi connectivity index (χ0) is 14.7. The van der Waals surface area contributed by atoms with Gasteiger partial charge in [-0.3, -0.25) is 4.79 Å². The molecule has 0 aromatic rings. The van der Waals surface area contributed by atoms with Crippen LogP contribution in [0.5, 0.6) is 0 Å². The average Bonchev–Trinajstić information content (AvgIpc) is 3.14. The Morgan fingerprint density at radius 1 is 1.05 bits per heavy atom. The van der Waals surface area contributed by atoms with E-state index in [0.717, 1.165) is 31.2 Å². The highest BCUT2D eigenvalue weighted by atomic mass is 16.5. The molecule has 3 fully saturated rings. The lowest BCUT2D eigenvalue weighted by Crippen LogP contribution is -2.42. The SMILES string of the molecule is C[C@@H]1CCC[C@H](OCC(=O)N2CCC[C@H]2C2CCCC2)C1. The minimum Gasteiger partial charge on any atom is -0.368 e. The molecule has 0 aromatic carbocycles. The fourth-order valence-electron chi connectivity index (χ4n) is 4.74. The highest BCUT2D eigenvalue weighted by molar-refractivity contribution is 5.78. The molecule has 1 aliphatic heterocycles. The maximum atomic E-state index is 12.5. The van der Waals surface area contributed by atoms with Gasteiger partial charge in [-0.25, -0.2) is 0 Å². The molecule has 120 valence electrons. The zero-order valence-corrected chi connectivity index (χ0v) is 13.6. The van der Waals surface area contributed by atoms with E-state index >= 15 is 0 Å². The molecular formula is C18H31NO2. The molecule has 3 rings (SSSR count). The fourth-order valence-corrected chi connectivity index (χ4v) is 4.74. The maximum absolute atomic E-state index is 12.5. The van der Waals surface area contributed by atoms with Crippen LogP contribution in [0.3, 0.4) is 0 Å². The van der Waals surface area contributed by atoms with Crippen molar-refractivity contribution in [3.05, 3.63) is 0 Å². The number of ether oxygens (including phenoxy) is 1. The van der Waals surface area contributed by atoms with E-state index in [9.17, 15) is 4.79 Å². The molecule has 3 aliphatic rings. The molecule has 1 heterocycles. The summed E-state index contributed by atoms with van der Waals surface area (Å²) in [5.74, 6) is 1.78. The van der Waals surface area contributed by atoms with Crippen LogP contribution in [-0.2, 0) is 9.53 Å². The Morgan fingerprint density at radius 3 is 2.62 bits per heavy atom. The highest BCUT2D eigenvalue weighted by Crippen LogP contribution is 2.35. The molecule has 1 amide bonds. The van der Waals surface area contributed by atoms with Crippen molar-refractivity contribution in [3.63, 3.8) is 0 Å². The van der Waals surface area contributed by atoms with Gasteiger partial charge < -0.3 is 9.64 Å². The van der Waals surface area contributed by atoms with E-state index in [0.29, 0.717) is 18.8 Å². The van der Waals surface area contributed by atoms with Crippen molar-refractivity contribution >= 4 is 5.91 Å². The minimum absolute atomic E-state index is 0.252. The highest BCUT2D eigenvalue weighted by Gasteiger charge is 2.36. The number of carbonyl (C=O) groups excluding carboxylic acids is 1. The van der Waals surface area contributed by atoms with Gasteiger partial charge in [0.25, 0.3) is 0 Å². The Hall–Kier alpha value is -0.570. The lowest BCUT2D eigenvalue weighted by atomic mass is 9.89. The van der Waals surface area contributed by atoms with Crippen molar-refractivity contribution < 1.29 is 9.53 Å². The van der Waals surface area contributed by atoms with Gasteiger partial charge in [0.1, 0.15) is 6.61 Å². The van der Waals surface area contributed by atoms with Crippen molar-refractivity contribution in [2.24, 2.45) is 11.8 Å². The molecule has 0 spiro atoms. The van der Waals surface area contributed by atoms with Crippen molar-refractivity contribution in [3.8, 4) is 0 Å². The normalized spacial score (nSPS) is 34.5. The van der Waals surface area contributed by atoms with Gasteiger partial charge in [0.2, 0.25) is 5.91 Å². The predicted molar refractivity (Wildman–Crippen MR) is 84.1 cm³/mol. The Bertz CT molecular complexity index is 351. The third-order valence-electron chi connectivity index (χ3n) is 5.89. The van der Waals surface area contributed by atoms with Gasteiger partial charge >= 0.3 is 0 Å². The van der Waals surface area contributed by atoms with Crippen LogP contribution in [0.4, 0.5) is 0 Å². The summed E-state index contributed by atoms with van der Waals surface area (Å²) >= 11 is 0. The number of amides is 1. The third kappa shape index (κ3) is 3.80. The quantitative estimate of drug-likeness (QED) is 0.790. The Balaban J connectivity index is 1.47. The number of hydrogen-bond acceptors (Lipinski definition) is 2. The molecule has 1 saturated heterocycles. The van der Waals surface area contributed by atoms with Gasteiger partial charge in [-0.05, 0) is 50.4 Å². The van der Waals surface area contributed by atoms with Crippen molar-refractivity contribution in [1.29, 1.82) is 0 Å². The van der Waals surface area contributed by atoms with E-state index in [2.05, 4.69) is 11.8 Å². The molecule has 3 atom stereocenters. The molecule has 21 heavy (non-hydrogen) atoms. The summed E-state index contributed by atoms with van der Waals surface area (Å²) in [7, 11) is 0. The summed E-state index contributed by atoms with van der Waals surface area (Å²) in [4.78, 5) is 14.7. The topological polar surface area (TPSA) is 29.5 Å². The summed E-state index contributed by atoms with van der Waals surface area (Å²) < 4.78 is 5.95. The largest absolute Gasteiger partial charge is 0.368 e. The maximum Gasteiger partial charge on any atom is 0.248 e. The summed E-state index contributed by atoms with van der Waals surface area (Å²) in [6.07, 6.45) is 13.0. The van der Waals surface area contributed by atoms with Gasteiger partial charge in [-0.2, -0.15) is 0 Å². The molecular weight excluding hydrogens is 262 g/mol. The first kappa shape index (κ1) is 15.3. The van der Waals surface area contributed by atoms with Crippen LogP contribution in [0.25, 0.3) is 0 Å². The van der Waals surface area contributed by atoms with Gasteiger partial charge in [0.15, 0.2) is 0 Å². The van der Waals surface area contributed by atoms with Gasteiger partial charge in [0, 0.05) is 12.6 Å². The zero-order valence-electron chi connectivity index (χ0n) is 13.6. The first-order valence-electron chi connectivity index (χ1n) is 9.15. The lowest BCUT2D eigenvalue weighted by Gasteiger charge is -2.31. The molecule has 0 N–H and O–H groups in total. The van der Waals surface area contributed by atoms with E-state index in [1.807, 2.05) is 0 Å². The Kier molecular flexibility index (Phi) is 5.20. The van der Waals surface area contributed by atoms with Crippen LogP contribution in [0.1, 0.15) is 71.1 Å². The second-order valence-electron chi connectivity index (χ2n) is 7.55. The third-order valence-corrected chi connectivity index (χ3v) is 5.89. The standard InChI is InChI=1S/C18H31NO2/c1-14-6-4-9-16(12-14)21-13-18(20)19-11-5-10-17(19)15-7-2-3-8-15/h14-17H,2-13H2,1H3/t14-,16+,17+/m1/s1. The predicted octanol–water partition coefficient (Wildman–Crippen LogP) is 3.76. The summed E-state index contributed by atoms with van der Waals surface area (Å²) in [6.45, 7) is 3.58. The Morgan fingerprint density at radius 2 is 1.86 bits per heavy atom. The van der Waals surface area contributed by atoms with Crippen molar-refractivity contribution in [2.75, 3.05) is 13.2 Å². The molecule has 2 saturated carbocycles. The first-order chi connectivity index (χ1) is 10.2. The molecule has 0 bridgehead atoms. The number of hydrogen-bond donors (Lipinski definition) is 0. The second kappa shape index (κ2) is 7.13. The summed E-state index contributed by atoms with van der Waals surface area (Å²) in [5, 5.41) is 0.